The van der Waals surface area contributed by atoms with E-state index in [2.05, 4.69) is 10.6 Å². The Balaban J connectivity index is 1.60. The summed E-state index contributed by atoms with van der Waals surface area (Å²) in [5, 5.41) is 6.25. The Kier molecular flexibility index (Phi) is 3.99. The van der Waals surface area contributed by atoms with Crippen LogP contribution in [-0.2, 0) is 11.2 Å². The van der Waals surface area contributed by atoms with Crippen molar-refractivity contribution in [3.8, 4) is 0 Å². The van der Waals surface area contributed by atoms with E-state index in [0.29, 0.717) is 18.8 Å². The van der Waals surface area contributed by atoms with Crippen LogP contribution >= 0.6 is 0 Å². The topological polar surface area (TPSA) is 54.3 Å². The number of furan rings is 1. The van der Waals surface area contributed by atoms with Crippen molar-refractivity contribution in [2.24, 2.45) is 5.92 Å². The van der Waals surface area contributed by atoms with Gasteiger partial charge in [0.2, 0.25) is 5.91 Å². The number of aryl methyl sites for hydroxylation is 1. The molecular formula is C12H18N2O2. The molecule has 1 aliphatic rings. The average Bonchev–Trinajstić information content (AvgIpc) is 2.96. The predicted octanol–water partition coefficient (Wildman–Crippen LogP) is 0.938. The smallest absolute Gasteiger partial charge is 0.220 e. The largest absolute Gasteiger partial charge is 0.469 e. The molecule has 4 nitrogen and oxygen atoms in total. The predicted molar refractivity (Wildman–Crippen MR) is 61.0 cm³/mol. The SMILES string of the molecule is O=C(CCc1ccco1)NCC1CCNC1. The lowest BCUT2D eigenvalue weighted by Crippen LogP contribution is -2.30. The van der Waals surface area contributed by atoms with E-state index < -0.39 is 0 Å². The molecule has 1 fully saturated rings. The first-order valence-electron chi connectivity index (χ1n) is 5.84. The number of nitrogens with one attached hydrogen (secondary N) is 2. The Morgan fingerprint density at radius 2 is 2.56 bits per heavy atom. The molecular weight excluding hydrogens is 204 g/mol. The number of carbonyl (C=O) groups is 1. The molecule has 1 saturated heterocycles. The zero-order valence-electron chi connectivity index (χ0n) is 9.37. The number of hydrogen-bond donors (Lipinski definition) is 2. The second-order valence-corrected chi connectivity index (χ2v) is 4.24. The van der Waals surface area contributed by atoms with E-state index in [0.717, 1.165) is 25.4 Å². The minimum Gasteiger partial charge on any atom is -0.469 e. The molecule has 1 unspecified atom stereocenters. The van der Waals surface area contributed by atoms with Crippen LogP contribution in [0.1, 0.15) is 18.6 Å². The summed E-state index contributed by atoms with van der Waals surface area (Å²) in [5.41, 5.74) is 0. The molecule has 1 atom stereocenters. The maximum Gasteiger partial charge on any atom is 0.220 e. The van der Waals surface area contributed by atoms with Gasteiger partial charge >= 0.3 is 0 Å². The zero-order valence-corrected chi connectivity index (χ0v) is 9.37. The van der Waals surface area contributed by atoms with Crippen LogP contribution in [-0.4, -0.2) is 25.5 Å². The van der Waals surface area contributed by atoms with Gasteiger partial charge in [-0.15, -0.1) is 0 Å². The molecule has 1 amide bonds. The lowest BCUT2D eigenvalue weighted by molar-refractivity contribution is -0.121. The van der Waals surface area contributed by atoms with Crippen molar-refractivity contribution in [1.82, 2.24) is 10.6 Å². The Labute approximate surface area is 95.4 Å². The summed E-state index contributed by atoms with van der Waals surface area (Å²) in [4.78, 5) is 11.5. The van der Waals surface area contributed by atoms with E-state index in [1.54, 1.807) is 6.26 Å². The highest BCUT2D eigenvalue weighted by atomic mass is 16.3. The quantitative estimate of drug-likeness (QED) is 0.779. The summed E-state index contributed by atoms with van der Waals surface area (Å²) in [6.45, 7) is 2.90. The molecule has 4 heteroatoms. The van der Waals surface area contributed by atoms with Crippen molar-refractivity contribution in [2.75, 3.05) is 19.6 Å². The molecule has 1 aliphatic heterocycles. The third kappa shape index (κ3) is 3.38. The monoisotopic (exact) mass is 222 g/mol. The molecule has 0 bridgehead atoms. The second kappa shape index (κ2) is 5.70. The van der Waals surface area contributed by atoms with E-state index in [-0.39, 0.29) is 5.91 Å². The van der Waals surface area contributed by atoms with Gasteiger partial charge in [0.15, 0.2) is 0 Å². The first-order chi connectivity index (χ1) is 7.84. The van der Waals surface area contributed by atoms with Gasteiger partial charge in [-0.05, 0) is 37.6 Å². The lowest BCUT2D eigenvalue weighted by Gasteiger charge is -2.09. The minimum absolute atomic E-state index is 0.114. The van der Waals surface area contributed by atoms with Crippen LogP contribution in [0.15, 0.2) is 22.8 Å². The van der Waals surface area contributed by atoms with Crippen molar-refractivity contribution >= 4 is 5.91 Å². The molecule has 88 valence electrons. The van der Waals surface area contributed by atoms with Gasteiger partial charge in [0, 0.05) is 19.4 Å². The molecule has 0 radical (unpaired) electrons. The van der Waals surface area contributed by atoms with Gasteiger partial charge in [-0.25, -0.2) is 0 Å². The molecule has 0 aliphatic carbocycles. The highest BCUT2D eigenvalue weighted by molar-refractivity contribution is 5.76. The van der Waals surface area contributed by atoms with Crippen LogP contribution < -0.4 is 10.6 Å². The Morgan fingerprint density at radius 1 is 1.62 bits per heavy atom. The lowest BCUT2D eigenvalue weighted by atomic mass is 10.1. The summed E-state index contributed by atoms with van der Waals surface area (Å²) in [5.74, 6) is 1.59. The van der Waals surface area contributed by atoms with Gasteiger partial charge in [0.25, 0.3) is 0 Å². The van der Waals surface area contributed by atoms with Crippen LogP contribution in [0.5, 0.6) is 0 Å². The molecule has 2 rings (SSSR count). The summed E-state index contributed by atoms with van der Waals surface area (Å²) >= 11 is 0. The minimum atomic E-state index is 0.114. The molecule has 0 aromatic carbocycles. The van der Waals surface area contributed by atoms with Gasteiger partial charge < -0.3 is 15.1 Å². The normalized spacial score (nSPS) is 19.9. The Bertz CT molecular complexity index is 316. The second-order valence-electron chi connectivity index (χ2n) is 4.24. The van der Waals surface area contributed by atoms with Gasteiger partial charge in [-0.2, -0.15) is 0 Å². The molecule has 16 heavy (non-hydrogen) atoms. The summed E-state index contributed by atoms with van der Waals surface area (Å²) in [7, 11) is 0. The van der Waals surface area contributed by atoms with Gasteiger partial charge in [-0.1, -0.05) is 0 Å². The van der Waals surface area contributed by atoms with E-state index in [1.165, 1.54) is 6.42 Å². The number of carbonyl (C=O) groups excluding carboxylic acids is 1. The van der Waals surface area contributed by atoms with E-state index in [9.17, 15) is 4.79 Å². The zero-order chi connectivity index (χ0) is 11.2. The van der Waals surface area contributed by atoms with Crippen LogP contribution in [0.2, 0.25) is 0 Å². The highest BCUT2D eigenvalue weighted by Crippen LogP contribution is 2.06. The fourth-order valence-electron chi connectivity index (χ4n) is 1.93. The molecule has 1 aromatic rings. The molecule has 0 saturated carbocycles. The number of amides is 1. The molecule has 2 heterocycles. The first kappa shape index (κ1) is 11.2. The van der Waals surface area contributed by atoms with Crippen LogP contribution in [0.3, 0.4) is 0 Å². The van der Waals surface area contributed by atoms with E-state index in [1.807, 2.05) is 12.1 Å². The summed E-state index contributed by atoms with van der Waals surface area (Å²) < 4.78 is 5.17. The standard InChI is InChI=1S/C12H18N2O2/c15-12(4-3-11-2-1-7-16-11)14-9-10-5-6-13-8-10/h1-2,7,10,13H,3-6,8-9H2,(H,14,15). The van der Waals surface area contributed by atoms with Crippen LogP contribution in [0, 0.1) is 5.92 Å². The van der Waals surface area contributed by atoms with Crippen LogP contribution in [0.25, 0.3) is 0 Å². The van der Waals surface area contributed by atoms with Crippen molar-refractivity contribution in [3.05, 3.63) is 24.2 Å². The maximum absolute atomic E-state index is 11.5. The van der Waals surface area contributed by atoms with Gasteiger partial charge in [-0.3, -0.25) is 4.79 Å². The van der Waals surface area contributed by atoms with Gasteiger partial charge in [0.1, 0.15) is 5.76 Å². The Hall–Kier alpha value is -1.29. The Morgan fingerprint density at radius 3 is 3.25 bits per heavy atom. The maximum atomic E-state index is 11.5. The molecule has 0 spiro atoms. The van der Waals surface area contributed by atoms with Crippen molar-refractivity contribution in [2.45, 2.75) is 19.3 Å². The summed E-state index contributed by atoms with van der Waals surface area (Å²) in [6.07, 6.45) is 3.99. The number of rotatable bonds is 5. The summed E-state index contributed by atoms with van der Waals surface area (Å²) in [6, 6.07) is 3.74. The van der Waals surface area contributed by atoms with Gasteiger partial charge in [0.05, 0.1) is 6.26 Å². The van der Waals surface area contributed by atoms with E-state index >= 15 is 0 Å². The third-order valence-electron chi connectivity index (χ3n) is 2.93. The fourth-order valence-corrected chi connectivity index (χ4v) is 1.93. The van der Waals surface area contributed by atoms with Crippen molar-refractivity contribution in [1.29, 1.82) is 0 Å². The first-order valence-corrected chi connectivity index (χ1v) is 5.84. The fraction of sp³-hybridized carbons (Fsp3) is 0.583. The molecule has 1 aromatic heterocycles. The average molecular weight is 222 g/mol. The highest BCUT2D eigenvalue weighted by Gasteiger charge is 2.14. The van der Waals surface area contributed by atoms with Crippen molar-refractivity contribution < 1.29 is 9.21 Å². The molecule has 2 N–H and O–H groups in total. The number of hydrogen-bond acceptors (Lipinski definition) is 3. The van der Waals surface area contributed by atoms with E-state index in [4.69, 9.17) is 4.42 Å². The van der Waals surface area contributed by atoms with Crippen molar-refractivity contribution in [3.63, 3.8) is 0 Å². The third-order valence-corrected chi connectivity index (χ3v) is 2.93. The van der Waals surface area contributed by atoms with Crippen LogP contribution in [0.4, 0.5) is 0 Å².